The Balaban J connectivity index is 2.22. The zero-order valence-corrected chi connectivity index (χ0v) is 13.1. The third kappa shape index (κ3) is 3.55. The summed E-state index contributed by atoms with van der Waals surface area (Å²) < 4.78 is 9.79. The highest BCUT2D eigenvalue weighted by atomic mass is 16.5. The van der Waals surface area contributed by atoms with Gasteiger partial charge >= 0.3 is 11.9 Å². The zero-order valence-electron chi connectivity index (χ0n) is 13.1. The second kappa shape index (κ2) is 6.92. The lowest BCUT2D eigenvalue weighted by molar-refractivity contribution is -0.152. The molecule has 0 aromatic rings. The van der Waals surface area contributed by atoms with Gasteiger partial charge in [-0.05, 0) is 44.9 Å². The van der Waals surface area contributed by atoms with Crippen LogP contribution in [-0.4, -0.2) is 26.2 Å². The van der Waals surface area contributed by atoms with Crippen molar-refractivity contribution in [3.8, 4) is 0 Å². The highest BCUT2D eigenvalue weighted by Gasteiger charge is 2.38. The van der Waals surface area contributed by atoms with Crippen LogP contribution in [0.4, 0.5) is 0 Å². The number of allylic oxidation sites excluding steroid dienone is 4. The molecule has 2 aliphatic rings. The summed E-state index contributed by atoms with van der Waals surface area (Å²) in [6, 6.07) is 0. The van der Waals surface area contributed by atoms with Gasteiger partial charge in [0.2, 0.25) is 0 Å². The molecule has 116 valence electrons. The molecule has 0 radical (unpaired) electrons. The van der Waals surface area contributed by atoms with Gasteiger partial charge in [0.05, 0.1) is 26.1 Å². The van der Waals surface area contributed by atoms with Gasteiger partial charge in [0.25, 0.3) is 0 Å². The lowest BCUT2D eigenvalue weighted by atomic mass is 9.70. The lowest BCUT2D eigenvalue weighted by Crippen LogP contribution is -2.34. The van der Waals surface area contributed by atoms with Crippen LogP contribution < -0.4 is 0 Å². The minimum Gasteiger partial charge on any atom is -0.469 e. The fourth-order valence-corrected chi connectivity index (χ4v) is 3.65. The molecule has 2 aliphatic carbocycles. The molecule has 0 N–H and O–H groups in total. The van der Waals surface area contributed by atoms with Crippen molar-refractivity contribution in [2.24, 2.45) is 17.8 Å². The predicted molar refractivity (Wildman–Crippen MR) is 79.4 cm³/mol. The SMILES string of the molecule is COC(=O)C1CC(C(=O)OC)CC(C2=C(C)C=CCC2)C1. The molecule has 0 aliphatic heterocycles. The Morgan fingerprint density at radius 1 is 1.05 bits per heavy atom. The molecule has 2 rings (SSSR count). The topological polar surface area (TPSA) is 52.6 Å². The average molecular weight is 292 g/mol. The maximum atomic E-state index is 11.9. The van der Waals surface area contributed by atoms with Gasteiger partial charge in [0.15, 0.2) is 0 Å². The highest BCUT2D eigenvalue weighted by Crippen LogP contribution is 2.41. The maximum Gasteiger partial charge on any atom is 0.308 e. The van der Waals surface area contributed by atoms with E-state index in [0.717, 1.165) is 25.7 Å². The highest BCUT2D eigenvalue weighted by molar-refractivity contribution is 5.76. The van der Waals surface area contributed by atoms with Crippen molar-refractivity contribution in [1.29, 1.82) is 0 Å². The van der Waals surface area contributed by atoms with Crippen molar-refractivity contribution < 1.29 is 19.1 Å². The number of carbonyl (C=O) groups is 2. The number of esters is 2. The minimum absolute atomic E-state index is 0.205. The van der Waals surface area contributed by atoms with E-state index >= 15 is 0 Å². The molecule has 21 heavy (non-hydrogen) atoms. The first-order valence-electron chi connectivity index (χ1n) is 7.58. The fraction of sp³-hybridized carbons (Fsp3) is 0.647. The number of carbonyl (C=O) groups excluding carboxylic acids is 2. The zero-order chi connectivity index (χ0) is 15.4. The van der Waals surface area contributed by atoms with Crippen LogP contribution in [0.25, 0.3) is 0 Å². The molecular formula is C17H24O4. The van der Waals surface area contributed by atoms with Gasteiger partial charge in [0.1, 0.15) is 0 Å². The molecule has 0 aromatic carbocycles. The molecule has 4 heteroatoms. The summed E-state index contributed by atoms with van der Waals surface area (Å²) in [6.07, 6.45) is 8.48. The van der Waals surface area contributed by atoms with Crippen LogP contribution in [-0.2, 0) is 19.1 Å². The monoisotopic (exact) mass is 292 g/mol. The summed E-state index contributed by atoms with van der Waals surface area (Å²) in [5, 5.41) is 0. The first-order valence-corrected chi connectivity index (χ1v) is 7.58. The first kappa shape index (κ1) is 15.8. The molecule has 1 saturated carbocycles. The van der Waals surface area contributed by atoms with E-state index in [1.54, 1.807) is 0 Å². The molecule has 0 heterocycles. The molecule has 0 amide bonds. The van der Waals surface area contributed by atoms with Crippen LogP contribution in [0.1, 0.15) is 39.0 Å². The largest absolute Gasteiger partial charge is 0.469 e. The molecule has 1 fully saturated rings. The van der Waals surface area contributed by atoms with Gasteiger partial charge in [0, 0.05) is 0 Å². The van der Waals surface area contributed by atoms with Gasteiger partial charge in [-0.15, -0.1) is 0 Å². The normalized spacial score (nSPS) is 29.2. The third-order valence-electron chi connectivity index (χ3n) is 4.72. The van der Waals surface area contributed by atoms with E-state index in [1.165, 1.54) is 25.4 Å². The molecule has 0 spiro atoms. The lowest BCUT2D eigenvalue weighted by Gasteiger charge is -2.35. The second-order valence-corrected chi connectivity index (χ2v) is 5.99. The Morgan fingerprint density at radius 2 is 1.62 bits per heavy atom. The van der Waals surface area contributed by atoms with E-state index in [9.17, 15) is 9.59 Å². The Labute approximate surface area is 126 Å². The number of hydrogen-bond acceptors (Lipinski definition) is 4. The number of ether oxygens (including phenoxy) is 2. The van der Waals surface area contributed by atoms with Crippen molar-refractivity contribution in [1.82, 2.24) is 0 Å². The fourth-order valence-electron chi connectivity index (χ4n) is 3.65. The predicted octanol–water partition coefficient (Wildman–Crippen LogP) is 3.03. The molecule has 0 bridgehead atoms. The van der Waals surface area contributed by atoms with Crippen molar-refractivity contribution in [2.75, 3.05) is 14.2 Å². The van der Waals surface area contributed by atoms with Gasteiger partial charge in [-0.1, -0.05) is 23.3 Å². The summed E-state index contributed by atoms with van der Waals surface area (Å²) >= 11 is 0. The van der Waals surface area contributed by atoms with E-state index in [0.29, 0.717) is 6.42 Å². The van der Waals surface area contributed by atoms with Crippen molar-refractivity contribution in [2.45, 2.75) is 39.0 Å². The molecule has 0 aromatic heterocycles. The van der Waals surface area contributed by atoms with Crippen molar-refractivity contribution in [3.05, 3.63) is 23.3 Å². The van der Waals surface area contributed by atoms with Crippen LogP contribution in [0.2, 0.25) is 0 Å². The van der Waals surface area contributed by atoms with Crippen LogP contribution in [0.15, 0.2) is 23.3 Å². The Morgan fingerprint density at radius 3 is 2.10 bits per heavy atom. The van der Waals surface area contributed by atoms with Gasteiger partial charge in [-0.2, -0.15) is 0 Å². The molecule has 2 atom stereocenters. The van der Waals surface area contributed by atoms with Gasteiger partial charge in [-0.3, -0.25) is 9.59 Å². The van der Waals surface area contributed by atoms with Crippen LogP contribution in [0.3, 0.4) is 0 Å². The summed E-state index contributed by atoms with van der Waals surface area (Å²) in [4.78, 5) is 23.9. The quantitative estimate of drug-likeness (QED) is 0.750. The van der Waals surface area contributed by atoms with Crippen LogP contribution in [0.5, 0.6) is 0 Å². The Hall–Kier alpha value is -1.58. The number of hydrogen-bond donors (Lipinski definition) is 0. The standard InChI is InChI=1S/C17H24O4/c1-11-6-4-5-7-15(11)12-8-13(16(18)20-2)10-14(9-12)17(19)21-3/h4,6,12-14H,5,7-10H2,1-3H3. The summed E-state index contributed by atoms with van der Waals surface area (Å²) in [5.41, 5.74) is 2.67. The Bertz CT molecular complexity index is 451. The molecule has 4 nitrogen and oxygen atoms in total. The number of methoxy groups -OCH3 is 2. The van der Waals surface area contributed by atoms with Crippen molar-refractivity contribution >= 4 is 11.9 Å². The maximum absolute atomic E-state index is 11.9. The van der Waals surface area contributed by atoms with Gasteiger partial charge < -0.3 is 9.47 Å². The van der Waals surface area contributed by atoms with Gasteiger partial charge in [-0.25, -0.2) is 0 Å². The molecular weight excluding hydrogens is 268 g/mol. The molecule has 2 unspecified atom stereocenters. The minimum atomic E-state index is -0.210. The summed E-state index contributed by atoms with van der Waals surface area (Å²) in [7, 11) is 2.82. The Kier molecular flexibility index (Phi) is 5.21. The number of rotatable bonds is 3. The van der Waals surface area contributed by atoms with Crippen LogP contribution >= 0.6 is 0 Å². The smallest absolute Gasteiger partial charge is 0.308 e. The molecule has 0 saturated heterocycles. The first-order chi connectivity index (χ1) is 10.1. The van der Waals surface area contributed by atoms with E-state index in [4.69, 9.17) is 9.47 Å². The van der Waals surface area contributed by atoms with E-state index in [1.807, 2.05) is 0 Å². The third-order valence-corrected chi connectivity index (χ3v) is 4.72. The van der Waals surface area contributed by atoms with Crippen LogP contribution in [0, 0.1) is 17.8 Å². The van der Waals surface area contributed by atoms with Crippen molar-refractivity contribution in [3.63, 3.8) is 0 Å². The van der Waals surface area contributed by atoms with E-state index < -0.39 is 0 Å². The summed E-state index contributed by atoms with van der Waals surface area (Å²) in [5.74, 6) is -0.554. The van der Waals surface area contributed by atoms with E-state index in [2.05, 4.69) is 19.1 Å². The average Bonchev–Trinajstić information content (AvgIpc) is 2.53. The second-order valence-electron chi connectivity index (χ2n) is 5.99. The van der Waals surface area contributed by atoms with E-state index in [-0.39, 0.29) is 29.7 Å². The summed E-state index contributed by atoms with van der Waals surface area (Å²) in [6.45, 7) is 2.11.